The Morgan fingerprint density at radius 1 is 1.17 bits per heavy atom. The van der Waals surface area contributed by atoms with E-state index in [4.69, 9.17) is 23.2 Å². The molecule has 0 aliphatic heterocycles. The molecule has 9 heteroatoms. The maximum atomic E-state index is 12.7. The molecule has 2 N–H and O–H groups in total. The number of benzene rings is 1. The van der Waals surface area contributed by atoms with Crippen molar-refractivity contribution in [3.05, 3.63) is 53.7 Å². The van der Waals surface area contributed by atoms with Crippen LogP contribution in [0.3, 0.4) is 0 Å². The van der Waals surface area contributed by atoms with Crippen molar-refractivity contribution in [3.8, 4) is 0 Å². The molecular weight excluding hydrogens is 443 g/mol. The van der Waals surface area contributed by atoms with Gasteiger partial charge < -0.3 is 10.2 Å². The number of hydrogen-bond donors (Lipinski definition) is 2. The van der Waals surface area contributed by atoms with Gasteiger partial charge in [-0.05, 0) is 45.1 Å². The Balaban J connectivity index is 1.62. The van der Waals surface area contributed by atoms with Crippen LogP contribution in [0.5, 0.6) is 0 Å². The highest BCUT2D eigenvalue weighted by Crippen LogP contribution is 2.63. The highest BCUT2D eigenvalue weighted by molar-refractivity contribution is 7.89. The third kappa shape index (κ3) is 5.26. The van der Waals surface area contributed by atoms with Crippen molar-refractivity contribution in [1.29, 1.82) is 0 Å². The lowest BCUT2D eigenvalue weighted by molar-refractivity contribution is 0.299. The van der Waals surface area contributed by atoms with Crippen molar-refractivity contribution >= 4 is 39.0 Å². The van der Waals surface area contributed by atoms with Gasteiger partial charge in [0.05, 0.1) is 0 Å². The molecule has 1 heterocycles. The molecule has 1 aromatic heterocycles. The molecule has 1 saturated carbocycles. The minimum atomic E-state index is -3.68. The van der Waals surface area contributed by atoms with Crippen LogP contribution in [-0.2, 0) is 10.0 Å². The number of aromatic nitrogens is 1. The van der Waals surface area contributed by atoms with Crippen molar-refractivity contribution in [2.75, 3.05) is 32.5 Å². The molecule has 6 nitrogen and oxygen atoms in total. The van der Waals surface area contributed by atoms with E-state index in [-0.39, 0.29) is 22.9 Å². The summed E-state index contributed by atoms with van der Waals surface area (Å²) in [6.45, 7) is 4.84. The molecule has 0 bridgehead atoms. The lowest BCUT2D eigenvalue weighted by atomic mass is 10.0. The van der Waals surface area contributed by atoms with Gasteiger partial charge in [-0.1, -0.05) is 36.8 Å². The average molecular weight is 471 g/mol. The Morgan fingerprint density at radius 3 is 2.30 bits per heavy atom. The van der Waals surface area contributed by atoms with Gasteiger partial charge in [0.25, 0.3) is 0 Å². The molecule has 0 spiro atoms. The Hall–Kier alpha value is -1.38. The van der Waals surface area contributed by atoms with E-state index >= 15 is 0 Å². The van der Waals surface area contributed by atoms with Gasteiger partial charge in [-0.25, -0.2) is 18.1 Å². The maximum Gasteiger partial charge on any atom is 0.242 e. The van der Waals surface area contributed by atoms with Crippen molar-refractivity contribution in [1.82, 2.24) is 14.6 Å². The van der Waals surface area contributed by atoms with Gasteiger partial charge in [0, 0.05) is 30.7 Å². The summed E-state index contributed by atoms with van der Waals surface area (Å²) in [5.74, 6) is 0.581. The fourth-order valence-electron chi connectivity index (χ4n) is 3.23. The van der Waals surface area contributed by atoms with Crippen LogP contribution in [-0.4, -0.2) is 49.8 Å². The standard InChI is InChI=1S/C21H28Cl2N4O2S/c1-15-5-7-16(8-6-15)18(27(3)4)12-26-30(28,29)17-9-10-19(24-11-17)25-14-20(2)13-21(20,22)23/h5-11,18,26H,12-14H2,1-4H3,(H,24,25). The number of hydrogen-bond acceptors (Lipinski definition) is 5. The van der Waals surface area contributed by atoms with Crippen LogP contribution < -0.4 is 10.0 Å². The number of nitrogens with one attached hydrogen (secondary N) is 2. The predicted octanol–water partition coefficient (Wildman–Crippen LogP) is 3.97. The number of alkyl halides is 2. The van der Waals surface area contributed by atoms with Crippen LogP contribution in [0.15, 0.2) is 47.5 Å². The number of aryl methyl sites for hydroxylation is 1. The van der Waals surface area contributed by atoms with Crippen LogP contribution in [0.2, 0.25) is 0 Å². The van der Waals surface area contributed by atoms with E-state index in [1.165, 1.54) is 12.3 Å². The van der Waals surface area contributed by atoms with E-state index in [1.807, 2.05) is 57.1 Å². The Morgan fingerprint density at radius 2 is 1.80 bits per heavy atom. The summed E-state index contributed by atoms with van der Waals surface area (Å²) in [6, 6.07) is 11.2. The van der Waals surface area contributed by atoms with Crippen LogP contribution >= 0.6 is 23.2 Å². The molecule has 2 atom stereocenters. The maximum absolute atomic E-state index is 12.7. The summed E-state index contributed by atoms with van der Waals surface area (Å²) in [7, 11) is 0.176. The SMILES string of the molecule is Cc1ccc(C(CNS(=O)(=O)c2ccc(NCC3(C)CC3(Cl)Cl)nc2)N(C)C)cc1. The molecule has 0 amide bonds. The van der Waals surface area contributed by atoms with Gasteiger partial charge in [0.15, 0.2) is 0 Å². The molecule has 2 unspecified atom stereocenters. The van der Waals surface area contributed by atoms with Gasteiger partial charge in [-0.3, -0.25) is 0 Å². The van der Waals surface area contributed by atoms with E-state index in [2.05, 4.69) is 15.0 Å². The molecule has 1 aliphatic rings. The minimum Gasteiger partial charge on any atom is -0.369 e. The molecule has 1 fully saturated rings. The number of likely N-dealkylation sites (N-methyl/N-ethyl adjacent to an activating group) is 1. The van der Waals surface area contributed by atoms with Crippen molar-refractivity contribution in [2.24, 2.45) is 5.41 Å². The lowest BCUT2D eigenvalue weighted by Crippen LogP contribution is -2.34. The van der Waals surface area contributed by atoms with Gasteiger partial charge in [0.1, 0.15) is 15.0 Å². The first-order chi connectivity index (χ1) is 13.9. The first kappa shape index (κ1) is 23.3. The second kappa shape index (κ2) is 8.63. The fraction of sp³-hybridized carbons (Fsp3) is 0.476. The number of sulfonamides is 1. The number of halogens is 2. The number of rotatable bonds is 9. The monoisotopic (exact) mass is 470 g/mol. The second-order valence-corrected chi connectivity index (χ2v) is 11.7. The normalized spacial score (nSPS) is 21.4. The fourth-order valence-corrected chi connectivity index (χ4v) is 4.93. The van der Waals surface area contributed by atoms with Gasteiger partial charge >= 0.3 is 0 Å². The third-order valence-corrected chi connectivity index (χ3v) is 8.22. The predicted molar refractivity (Wildman–Crippen MR) is 123 cm³/mol. The zero-order valence-corrected chi connectivity index (χ0v) is 19.9. The zero-order valence-electron chi connectivity index (χ0n) is 17.6. The molecule has 0 saturated heterocycles. The molecule has 164 valence electrons. The van der Waals surface area contributed by atoms with Crippen molar-refractivity contribution < 1.29 is 8.42 Å². The first-order valence-electron chi connectivity index (χ1n) is 9.74. The summed E-state index contributed by atoms with van der Waals surface area (Å²) in [5, 5.41) is 3.17. The summed E-state index contributed by atoms with van der Waals surface area (Å²) >= 11 is 12.3. The van der Waals surface area contributed by atoms with E-state index in [1.54, 1.807) is 6.07 Å². The Labute approximate surface area is 189 Å². The zero-order chi connectivity index (χ0) is 22.2. The topological polar surface area (TPSA) is 74.3 Å². The summed E-state index contributed by atoms with van der Waals surface area (Å²) in [6.07, 6.45) is 2.06. The molecule has 3 rings (SSSR count). The molecule has 1 aliphatic carbocycles. The average Bonchev–Trinajstić information content (AvgIpc) is 3.19. The highest BCUT2D eigenvalue weighted by atomic mass is 35.5. The Bertz CT molecular complexity index is 979. The minimum absolute atomic E-state index is 0.0834. The second-order valence-electron chi connectivity index (χ2n) is 8.42. The summed E-state index contributed by atoms with van der Waals surface area (Å²) < 4.78 is 27.5. The third-order valence-electron chi connectivity index (χ3n) is 5.63. The molecule has 1 aromatic carbocycles. The molecule has 30 heavy (non-hydrogen) atoms. The van der Waals surface area contributed by atoms with E-state index < -0.39 is 14.4 Å². The van der Waals surface area contributed by atoms with E-state index in [0.717, 1.165) is 11.1 Å². The van der Waals surface area contributed by atoms with E-state index in [9.17, 15) is 8.42 Å². The van der Waals surface area contributed by atoms with Crippen LogP contribution in [0.4, 0.5) is 5.82 Å². The molecule has 0 radical (unpaired) electrons. The lowest BCUT2D eigenvalue weighted by Gasteiger charge is -2.25. The number of anilines is 1. The summed E-state index contributed by atoms with van der Waals surface area (Å²) in [5.41, 5.74) is 2.01. The molecule has 2 aromatic rings. The van der Waals surface area contributed by atoms with E-state index in [0.29, 0.717) is 18.8 Å². The van der Waals surface area contributed by atoms with Gasteiger partial charge in [-0.2, -0.15) is 0 Å². The van der Waals surface area contributed by atoms with Crippen LogP contribution in [0.1, 0.15) is 30.5 Å². The van der Waals surface area contributed by atoms with Gasteiger partial charge in [0.2, 0.25) is 10.0 Å². The summed E-state index contributed by atoms with van der Waals surface area (Å²) in [4.78, 5) is 6.34. The van der Waals surface area contributed by atoms with Gasteiger partial charge in [-0.15, -0.1) is 23.2 Å². The van der Waals surface area contributed by atoms with Crippen molar-refractivity contribution in [3.63, 3.8) is 0 Å². The van der Waals surface area contributed by atoms with Crippen LogP contribution in [0, 0.1) is 12.3 Å². The molecular formula is C21H28Cl2N4O2S. The smallest absolute Gasteiger partial charge is 0.242 e. The first-order valence-corrected chi connectivity index (χ1v) is 12.0. The Kier molecular flexibility index (Phi) is 6.70. The quantitative estimate of drug-likeness (QED) is 0.542. The van der Waals surface area contributed by atoms with Crippen LogP contribution in [0.25, 0.3) is 0 Å². The number of pyridine rings is 1. The highest BCUT2D eigenvalue weighted by Gasteiger charge is 2.62. The number of nitrogens with zero attached hydrogens (tertiary/aromatic N) is 2. The largest absolute Gasteiger partial charge is 0.369 e. The van der Waals surface area contributed by atoms with Crippen molar-refractivity contribution in [2.45, 2.75) is 35.5 Å².